The van der Waals surface area contributed by atoms with E-state index in [0.717, 1.165) is 26.6 Å². The number of carboxylic acid groups (broad SMARTS) is 1. The van der Waals surface area contributed by atoms with Gasteiger partial charge in [-0.25, -0.2) is 0 Å². The van der Waals surface area contributed by atoms with Gasteiger partial charge in [0.1, 0.15) is 0 Å². The SMILES string of the molecule is O=C(O)Cc1c(C(=O)c2ccccc2)n(Cc2csc3ccc(Cl)cc23)c2ccccc12. The number of aliphatic carboxylic acids is 1. The molecule has 4 nitrogen and oxygen atoms in total. The van der Waals surface area contributed by atoms with Gasteiger partial charge in [0, 0.05) is 38.3 Å². The van der Waals surface area contributed by atoms with E-state index in [2.05, 4.69) is 5.38 Å². The van der Waals surface area contributed by atoms with Crippen molar-refractivity contribution in [3.63, 3.8) is 0 Å². The number of carbonyl (C=O) groups excluding carboxylic acids is 1. The Morgan fingerprint density at radius 1 is 0.938 bits per heavy atom. The lowest BCUT2D eigenvalue weighted by atomic mass is 10.0. The Morgan fingerprint density at radius 3 is 2.47 bits per heavy atom. The second-order valence-electron chi connectivity index (χ2n) is 7.60. The molecule has 0 saturated heterocycles. The summed E-state index contributed by atoms with van der Waals surface area (Å²) < 4.78 is 3.06. The van der Waals surface area contributed by atoms with E-state index in [1.54, 1.807) is 23.5 Å². The molecule has 0 bridgehead atoms. The Balaban J connectivity index is 1.76. The lowest BCUT2D eigenvalue weighted by molar-refractivity contribution is -0.136. The largest absolute Gasteiger partial charge is 0.481 e. The Kier molecular flexibility index (Phi) is 5.29. The van der Waals surface area contributed by atoms with Crippen LogP contribution in [-0.2, 0) is 17.8 Å². The third kappa shape index (κ3) is 3.60. The maximum absolute atomic E-state index is 13.7. The lowest BCUT2D eigenvalue weighted by Crippen LogP contribution is -2.14. The van der Waals surface area contributed by atoms with Crippen molar-refractivity contribution in [1.29, 1.82) is 0 Å². The minimum absolute atomic E-state index is 0.185. The van der Waals surface area contributed by atoms with E-state index in [1.165, 1.54) is 0 Å². The third-order valence-electron chi connectivity index (χ3n) is 5.60. The van der Waals surface area contributed by atoms with Gasteiger partial charge in [-0.2, -0.15) is 0 Å². The molecule has 0 unspecified atom stereocenters. The fraction of sp³-hybridized carbons (Fsp3) is 0.0769. The summed E-state index contributed by atoms with van der Waals surface area (Å²) in [7, 11) is 0. The summed E-state index contributed by atoms with van der Waals surface area (Å²) in [5, 5.41) is 14.2. The normalized spacial score (nSPS) is 11.3. The predicted octanol–water partition coefficient (Wildman–Crippen LogP) is 6.42. The van der Waals surface area contributed by atoms with Gasteiger partial charge < -0.3 is 9.67 Å². The van der Waals surface area contributed by atoms with Crippen LogP contribution >= 0.6 is 22.9 Å². The van der Waals surface area contributed by atoms with Crippen molar-refractivity contribution in [2.45, 2.75) is 13.0 Å². The molecular formula is C26H18ClNO3S. The molecule has 5 rings (SSSR count). The standard InChI is InChI=1S/C26H18ClNO3S/c27-18-10-11-23-20(12-18)17(15-32-23)14-28-22-9-5-4-8-19(22)21(13-24(29)30)25(28)26(31)16-6-2-1-3-7-16/h1-12,15H,13-14H2,(H,29,30). The van der Waals surface area contributed by atoms with Crippen LogP contribution in [0.25, 0.3) is 21.0 Å². The van der Waals surface area contributed by atoms with Gasteiger partial charge in [-0.1, -0.05) is 60.1 Å². The van der Waals surface area contributed by atoms with Gasteiger partial charge in [0.2, 0.25) is 5.78 Å². The van der Waals surface area contributed by atoms with Crippen LogP contribution in [-0.4, -0.2) is 21.4 Å². The highest BCUT2D eigenvalue weighted by molar-refractivity contribution is 7.17. The van der Waals surface area contributed by atoms with Crippen LogP contribution in [0.5, 0.6) is 0 Å². The molecule has 0 radical (unpaired) electrons. The van der Waals surface area contributed by atoms with E-state index in [0.29, 0.717) is 28.4 Å². The molecule has 0 saturated carbocycles. The number of benzene rings is 3. The average Bonchev–Trinajstić information content (AvgIpc) is 3.33. The zero-order valence-electron chi connectivity index (χ0n) is 16.9. The van der Waals surface area contributed by atoms with E-state index in [9.17, 15) is 14.7 Å². The van der Waals surface area contributed by atoms with Crippen molar-refractivity contribution in [3.8, 4) is 0 Å². The van der Waals surface area contributed by atoms with Crippen LogP contribution in [0.1, 0.15) is 27.2 Å². The first kappa shape index (κ1) is 20.5. The minimum Gasteiger partial charge on any atom is -0.481 e. The Labute approximate surface area is 193 Å². The van der Waals surface area contributed by atoms with Crippen LogP contribution in [0, 0.1) is 0 Å². The fourth-order valence-corrected chi connectivity index (χ4v) is 5.31. The highest BCUT2D eigenvalue weighted by Gasteiger charge is 2.25. The molecule has 0 aliphatic heterocycles. The second kappa shape index (κ2) is 8.26. The number of nitrogens with zero attached hydrogens (tertiary/aromatic N) is 1. The first-order valence-corrected chi connectivity index (χ1v) is 11.4. The van der Waals surface area contributed by atoms with Crippen molar-refractivity contribution in [2.24, 2.45) is 0 Å². The maximum atomic E-state index is 13.7. The van der Waals surface area contributed by atoms with E-state index < -0.39 is 5.97 Å². The Morgan fingerprint density at radius 2 is 1.69 bits per heavy atom. The molecule has 32 heavy (non-hydrogen) atoms. The van der Waals surface area contributed by atoms with Crippen molar-refractivity contribution in [2.75, 3.05) is 0 Å². The summed E-state index contributed by atoms with van der Waals surface area (Å²) in [6.07, 6.45) is -0.225. The number of halogens is 1. The number of carbonyl (C=O) groups is 2. The van der Waals surface area contributed by atoms with Crippen LogP contribution < -0.4 is 0 Å². The van der Waals surface area contributed by atoms with E-state index in [-0.39, 0.29) is 12.2 Å². The molecule has 0 aliphatic rings. The third-order valence-corrected chi connectivity index (χ3v) is 6.85. The molecule has 1 N–H and O–H groups in total. The molecule has 0 amide bonds. The van der Waals surface area contributed by atoms with E-state index in [1.807, 2.05) is 65.2 Å². The van der Waals surface area contributed by atoms with E-state index in [4.69, 9.17) is 11.6 Å². The van der Waals surface area contributed by atoms with Gasteiger partial charge in [-0.15, -0.1) is 11.3 Å². The topological polar surface area (TPSA) is 59.3 Å². The first-order chi connectivity index (χ1) is 15.5. The molecule has 3 aromatic carbocycles. The molecular weight excluding hydrogens is 442 g/mol. The van der Waals surface area contributed by atoms with Gasteiger partial charge in [-0.3, -0.25) is 9.59 Å². The monoisotopic (exact) mass is 459 g/mol. The number of carboxylic acids is 1. The molecule has 0 fully saturated rings. The van der Waals surface area contributed by atoms with Crippen LogP contribution in [0.3, 0.4) is 0 Å². The first-order valence-electron chi connectivity index (χ1n) is 10.1. The van der Waals surface area contributed by atoms with Gasteiger partial charge in [0.05, 0.1) is 12.1 Å². The second-order valence-corrected chi connectivity index (χ2v) is 8.95. The van der Waals surface area contributed by atoms with Gasteiger partial charge in [-0.05, 0) is 40.6 Å². The summed E-state index contributed by atoms with van der Waals surface area (Å²) >= 11 is 7.87. The van der Waals surface area contributed by atoms with Crippen LogP contribution in [0.4, 0.5) is 0 Å². The van der Waals surface area contributed by atoms with Crippen molar-refractivity contribution in [1.82, 2.24) is 4.57 Å². The van der Waals surface area contributed by atoms with Crippen molar-refractivity contribution in [3.05, 3.63) is 106 Å². The molecule has 6 heteroatoms. The van der Waals surface area contributed by atoms with Gasteiger partial charge >= 0.3 is 5.97 Å². The number of hydrogen-bond donors (Lipinski definition) is 1. The molecule has 158 valence electrons. The molecule has 0 spiro atoms. The number of fused-ring (bicyclic) bond motifs is 2. The smallest absolute Gasteiger partial charge is 0.307 e. The minimum atomic E-state index is -0.970. The summed E-state index contributed by atoms with van der Waals surface area (Å²) in [6.45, 7) is 0.439. The summed E-state index contributed by atoms with van der Waals surface area (Å²) in [6, 6.07) is 22.4. The highest BCUT2D eigenvalue weighted by atomic mass is 35.5. The molecule has 5 aromatic rings. The Bertz CT molecular complexity index is 1480. The average molecular weight is 460 g/mol. The van der Waals surface area contributed by atoms with E-state index >= 15 is 0 Å². The summed E-state index contributed by atoms with van der Waals surface area (Å²) in [5.74, 6) is -1.15. The number of thiophene rings is 1. The number of hydrogen-bond acceptors (Lipinski definition) is 3. The predicted molar refractivity (Wildman–Crippen MR) is 129 cm³/mol. The van der Waals surface area contributed by atoms with Crippen LogP contribution in [0.15, 0.2) is 78.2 Å². The van der Waals surface area contributed by atoms with Gasteiger partial charge in [0.15, 0.2) is 0 Å². The van der Waals surface area contributed by atoms with Gasteiger partial charge in [0.25, 0.3) is 0 Å². The number of aromatic nitrogens is 1. The number of para-hydroxylation sites is 1. The number of ketones is 1. The fourth-order valence-electron chi connectivity index (χ4n) is 4.20. The van der Waals surface area contributed by atoms with Crippen molar-refractivity contribution < 1.29 is 14.7 Å². The molecule has 2 aromatic heterocycles. The maximum Gasteiger partial charge on any atom is 0.307 e. The summed E-state index contributed by atoms with van der Waals surface area (Å²) in [4.78, 5) is 25.4. The Hall–Kier alpha value is -3.41. The van der Waals surface area contributed by atoms with Crippen LogP contribution in [0.2, 0.25) is 5.02 Å². The number of rotatable bonds is 6. The zero-order valence-corrected chi connectivity index (χ0v) is 18.5. The van der Waals surface area contributed by atoms with Crippen molar-refractivity contribution >= 4 is 55.7 Å². The molecule has 0 atom stereocenters. The quantitative estimate of drug-likeness (QED) is 0.298. The molecule has 2 heterocycles. The lowest BCUT2D eigenvalue weighted by Gasteiger charge is -2.12. The summed E-state index contributed by atoms with van der Waals surface area (Å²) in [5.41, 5.74) is 3.36. The zero-order chi connectivity index (χ0) is 22.2. The molecule has 0 aliphatic carbocycles. The highest BCUT2D eigenvalue weighted by Crippen LogP contribution is 2.33.